The lowest BCUT2D eigenvalue weighted by Crippen LogP contribution is -2.31. The van der Waals surface area contributed by atoms with E-state index < -0.39 is 6.04 Å². The van der Waals surface area contributed by atoms with E-state index in [1.807, 2.05) is 55.9 Å². The summed E-state index contributed by atoms with van der Waals surface area (Å²) >= 11 is 7.51. The second-order valence-electron chi connectivity index (χ2n) is 8.03. The van der Waals surface area contributed by atoms with E-state index in [2.05, 4.69) is 10.3 Å². The van der Waals surface area contributed by atoms with Gasteiger partial charge in [0, 0.05) is 35.8 Å². The number of fused-ring (bicyclic) bond motifs is 1. The van der Waals surface area contributed by atoms with Crippen LogP contribution in [0.2, 0.25) is 5.02 Å². The smallest absolute Gasteiger partial charge is 0.262 e. The number of carbonyl (C=O) groups excluding carboxylic acids is 1. The largest absolute Gasteiger partial charge is 0.337 e. The van der Waals surface area contributed by atoms with Crippen LogP contribution in [0.25, 0.3) is 10.2 Å². The van der Waals surface area contributed by atoms with Crippen molar-refractivity contribution in [2.45, 2.75) is 38.6 Å². The molecule has 31 heavy (non-hydrogen) atoms. The normalized spacial score (nSPS) is 14.7. The third-order valence-electron chi connectivity index (χ3n) is 5.73. The van der Waals surface area contributed by atoms with Crippen LogP contribution in [0.1, 0.15) is 62.9 Å². The third kappa shape index (κ3) is 3.72. The zero-order chi connectivity index (χ0) is 21.7. The minimum absolute atomic E-state index is 0.143. The Hall–Kier alpha value is -2.77. The molecule has 8 heteroatoms. The summed E-state index contributed by atoms with van der Waals surface area (Å²) < 4.78 is 1.91. The molecule has 5 rings (SSSR count). The SMILES string of the molecule is Cc1nc(C2CC2)nc2sc(C(=O)NC(c3ccc(Cl)cc3)c3nccn3C)c(C)c12. The van der Waals surface area contributed by atoms with Gasteiger partial charge >= 0.3 is 0 Å². The molecule has 0 bridgehead atoms. The molecule has 1 unspecified atom stereocenters. The number of imidazole rings is 1. The van der Waals surface area contributed by atoms with Crippen LogP contribution < -0.4 is 5.32 Å². The fraction of sp³-hybridized carbons (Fsp3) is 0.304. The van der Waals surface area contributed by atoms with Crippen LogP contribution in [0.3, 0.4) is 0 Å². The highest BCUT2D eigenvalue weighted by molar-refractivity contribution is 7.20. The molecule has 1 aliphatic rings. The molecule has 1 N–H and O–H groups in total. The molecule has 158 valence electrons. The first-order valence-electron chi connectivity index (χ1n) is 10.2. The summed E-state index contributed by atoms with van der Waals surface area (Å²) in [6.07, 6.45) is 5.89. The number of halogens is 1. The van der Waals surface area contributed by atoms with E-state index >= 15 is 0 Å². The summed E-state index contributed by atoms with van der Waals surface area (Å²) in [5.41, 5.74) is 2.78. The van der Waals surface area contributed by atoms with Gasteiger partial charge < -0.3 is 9.88 Å². The molecule has 1 amide bonds. The van der Waals surface area contributed by atoms with Gasteiger partial charge in [-0.1, -0.05) is 23.7 Å². The molecule has 1 aromatic carbocycles. The topological polar surface area (TPSA) is 72.7 Å². The van der Waals surface area contributed by atoms with Crippen LogP contribution in [-0.2, 0) is 7.05 Å². The number of aromatic nitrogens is 4. The molecule has 1 saturated carbocycles. The number of aryl methyl sites for hydroxylation is 3. The molecular weight excluding hydrogens is 430 g/mol. The van der Waals surface area contributed by atoms with Gasteiger partial charge in [-0.3, -0.25) is 4.79 Å². The van der Waals surface area contributed by atoms with E-state index in [-0.39, 0.29) is 5.91 Å². The van der Waals surface area contributed by atoms with Crippen LogP contribution in [0.4, 0.5) is 0 Å². The number of amides is 1. The van der Waals surface area contributed by atoms with Crippen molar-refractivity contribution in [1.29, 1.82) is 0 Å². The number of hydrogen-bond acceptors (Lipinski definition) is 5. The molecule has 1 aliphatic carbocycles. The summed E-state index contributed by atoms with van der Waals surface area (Å²) in [5.74, 6) is 1.99. The monoisotopic (exact) mass is 451 g/mol. The average molecular weight is 452 g/mol. The van der Waals surface area contributed by atoms with Crippen molar-refractivity contribution in [3.8, 4) is 0 Å². The average Bonchev–Trinajstić information content (AvgIpc) is 3.43. The molecule has 0 spiro atoms. The van der Waals surface area contributed by atoms with Gasteiger partial charge in [-0.25, -0.2) is 15.0 Å². The molecule has 6 nitrogen and oxygen atoms in total. The van der Waals surface area contributed by atoms with Gasteiger partial charge in [-0.2, -0.15) is 0 Å². The molecule has 4 aromatic rings. The van der Waals surface area contributed by atoms with Crippen molar-refractivity contribution >= 4 is 39.1 Å². The van der Waals surface area contributed by atoms with Gasteiger partial charge in [-0.15, -0.1) is 11.3 Å². The maximum Gasteiger partial charge on any atom is 0.262 e. The maximum atomic E-state index is 13.4. The predicted molar refractivity (Wildman–Crippen MR) is 123 cm³/mol. The second kappa shape index (κ2) is 7.73. The van der Waals surface area contributed by atoms with Gasteiger partial charge in [-0.05, 0) is 49.9 Å². The van der Waals surface area contributed by atoms with Crippen molar-refractivity contribution in [3.05, 3.63) is 75.0 Å². The van der Waals surface area contributed by atoms with Crippen LogP contribution >= 0.6 is 22.9 Å². The van der Waals surface area contributed by atoms with Crippen LogP contribution in [-0.4, -0.2) is 25.4 Å². The van der Waals surface area contributed by atoms with Crippen molar-refractivity contribution in [2.75, 3.05) is 0 Å². The van der Waals surface area contributed by atoms with Crippen LogP contribution in [0, 0.1) is 13.8 Å². The van der Waals surface area contributed by atoms with Gasteiger partial charge in [0.05, 0.1) is 10.6 Å². The molecule has 1 fully saturated rings. The Morgan fingerprint density at radius 2 is 1.97 bits per heavy atom. The number of hydrogen-bond donors (Lipinski definition) is 1. The number of rotatable bonds is 5. The van der Waals surface area contributed by atoms with E-state index in [1.54, 1.807) is 6.20 Å². The molecule has 1 atom stereocenters. The van der Waals surface area contributed by atoms with Crippen molar-refractivity contribution in [2.24, 2.45) is 7.05 Å². The van der Waals surface area contributed by atoms with E-state index in [9.17, 15) is 4.79 Å². The number of thiophene rings is 1. The van der Waals surface area contributed by atoms with E-state index in [4.69, 9.17) is 21.6 Å². The number of nitrogens with zero attached hydrogens (tertiary/aromatic N) is 4. The highest BCUT2D eigenvalue weighted by Gasteiger charge is 2.29. The molecule has 0 aliphatic heterocycles. The first kappa shape index (κ1) is 20.2. The Kier molecular flexibility index (Phi) is 5.02. The minimum atomic E-state index is -0.399. The highest BCUT2D eigenvalue weighted by Crippen LogP contribution is 2.40. The zero-order valence-electron chi connectivity index (χ0n) is 17.5. The molecule has 0 radical (unpaired) electrons. The Balaban J connectivity index is 1.53. The number of carbonyl (C=O) groups is 1. The van der Waals surface area contributed by atoms with E-state index in [0.29, 0.717) is 15.8 Å². The van der Waals surface area contributed by atoms with Crippen molar-refractivity contribution in [3.63, 3.8) is 0 Å². The summed E-state index contributed by atoms with van der Waals surface area (Å²) in [4.78, 5) is 28.9. The lowest BCUT2D eigenvalue weighted by molar-refractivity contribution is 0.0945. The van der Waals surface area contributed by atoms with Gasteiger partial charge in [0.2, 0.25) is 0 Å². The Morgan fingerprint density at radius 3 is 2.61 bits per heavy atom. The van der Waals surface area contributed by atoms with Crippen molar-refractivity contribution < 1.29 is 4.79 Å². The summed E-state index contributed by atoms with van der Waals surface area (Å²) in [6, 6.07) is 7.07. The first-order chi connectivity index (χ1) is 14.9. The zero-order valence-corrected chi connectivity index (χ0v) is 19.1. The summed E-state index contributed by atoms with van der Waals surface area (Å²) in [7, 11) is 1.92. The lowest BCUT2D eigenvalue weighted by Gasteiger charge is -2.19. The lowest BCUT2D eigenvalue weighted by atomic mass is 10.1. The Labute approximate surface area is 189 Å². The van der Waals surface area contributed by atoms with Crippen LogP contribution in [0.15, 0.2) is 36.7 Å². The summed E-state index contributed by atoms with van der Waals surface area (Å²) in [5, 5.41) is 4.81. The standard InChI is InChI=1S/C23H22ClN5OS/c1-12-17-13(2)26-20(15-4-5-15)28-23(17)31-19(12)22(30)27-18(21-25-10-11-29(21)3)14-6-8-16(24)9-7-14/h6-11,15,18H,4-5H2,1-3H3,(H,27,30). The first-order valence-corrected chi connectivity index (χ1v) is 11.4. The Morgan fingerprint density at radius 1 is 1.23 bits per heavy atom. The quantitative estimate of drug-likeness (QED) is 0.458. The highest BCUT2D eigenvalue weighted by atomic mass is 35.5. The van der Waals surface area contributed by atoms with Crippen molar-refractivity contribution in [1.82, 2.24) is 24.8 Å². The maximum absolute atomic E-state index is 13.4. The molecule has 0 saturated heterocycles. The van der Waals surface area contributed by atoms with E-state index in [0.717, 1.165) is 51.5 Å². The fourth-order valence-corrected chi connectivity index (χ4v) is 5.17. The number of benzene rings is 1. The minimum Gasteiger partial charge on any atom is -0.337 e. The fourth-order valence-electron chi connectivity index (χ4n) is 3.90. The summed E-state index contributed by atoms with van der Waals surface area (Å²) in [6.45, 7) is 3.97. The number of nitrogens with one attached hydrogen (secondary N) is 1. The second-order valence-corrected chi connectivity index (χ2v) is 9.47. The van der Waals surface area contributed by atoms with Gasteiger partial charge in [0.15, 0.2) is 0 Å². The molecular formula is C23H22ClN5OS. The Bertz CT molecular complexity index is 1290. The molecule has 3 heterocycles. The van der Waals surface area contributed by atoms with E-state index in [1.165, 1.54) is 11.3 Å². The molecule has 3 aromatic heterocycles. The third-order valence-corrected chi connectivity index (χ3v) is 7.17. The predicted octanol–water partition coefficient (Wildman–Crippen LogP) is 5.09. The van der Waals surface area contributed by atoms with Gasteiger partial charge in [0.1, 0.15) is 22.5 Å². The van der Waals surface area contributed by atoms with Crippen LogP contribution in [0.5, 0.6) is 0 Å². The van der Waals surface area contributed by atoms with Gasteiger partial charge in [0.25, 0.3) is 5.91 Å².